The highest BCUT2D eigenvalue weighted by atomic mass is 35.5. The maximum atomic E-state index is 6.21. The fourth-order valence-corrected chi connectivity index (χ4v) is 3.29. The van der Waals surface area contributed by atoms with Crippen molar-refractivity contribution in [3.8, 4) is 0 Å². The van der Waals surface area contributed by atoms with E-state index in [1.807, 2.05) is 18.2 Å². The van der Waals surface area contributed by atoms with Gasteiger partial charge >= 0.3 is 0 Å². The Morgan fingerprint density at radius 1 is 1.24 bits per heavy atom. The SMILES string of the molecule is CC(NCCCOC1CCCCC1)c1cc(Cl)ccc1Cl. The molecule has 0 aromatic heterocycles. The summed E-state index contributed by atoms with van der Waals surface area (Å²) in [7, 11) is 0. The monoisotopic (exact) mass is 329 g/mol. The molecule has 0 radical (unpaired) electrons. The summed E-state index contributed by atoms with van der Waals surface area (Å²) in [6.07, 6.45) is 8.03. The molecule has 1 aliphatic rings. The van der Waals surface area contributed by atoms with Gasteiger partial charge in [0, 0.05) is 22.7 Å². The maximum absolute atomic E-state index is 6.21. The van der Waals surface area contributed by atoms with Gasteiger partial charge in [0.05, 0.1) is 6.10 Å². The molecule has 118 valence electrons. The number of ether oxygens (including phenoxy) is 1. The van der Waals surface area contributed by atoms with E-state index in [0.29, 0.717) is 6.10 Å². The van der Waals surface area contributed by atoms with Crippen molar-refractivity contribution in [2.75, 3.05) is 13.2 Å². The number of benzene rings is 1. The molecule has 1 aliphatic carbocycles. The van der Waals surface area contributed by atoms with E-state index in [4.69, 9.17) is 27.9 Å². The molecule has 1 fully saturated rings. The van der Waals surface area contributed by atoms with E-state index in [2.05, 4.69) is 12.2 Å². The van der Waals surface area contributed by atoms with Gasteiger partial charge in [-0.25, -0.2) is 0 Å². The van der Waals surface area contributed by atoms with Crippen molar-refractivity contribution in [1.29, 1.82) is 0 Å². The van der Waals surface area contributed by atoms with E-state index in [1.54, 1.807) is 0 Å². The summed E-state index contributed by atoms with van der Waals surface area (Å²) >= 11 is 12.2. The van der Waals surface area contributed by atoms with Gasteiger partial charge in [-0.2, -0.15) is 0 Å². The smallest absolute Gasteiger partial charge is 0.0575 e. The molecular weight excluding hydrogens is 305 g/mol. The Hall–Kier alpha value is -0.280. The molecule has 1 N–H and O–H groups in total. The van der Waals surface area contributed by atoms with Crippen LogP contribution in [0, 0.1) is 0 Å². The highest BCUT2D eigenvalue weighted by Gasteiger charge is 2.13. The van der Waals surface area contributed by atoms with E-state index < -0.39 is 0 Å². The third-order valence-corrected chi connectivity index (χ3v) is 4.68. The molecule has 0 bridgehead atoms. The van der Waals surface area contributed by atoms with Gasteiger partial charge in [0.1, 0.15) is 0 Å². The van der Waals surface area contributed by atoms with Crippen LogP contribution in [0.4, 0.5) is 0 Å². The molecule has 0 heterocycles. The van der Waals surface area contributed by atoms with Crippen LogP contribution < -0.4 is 5.32 Å². The lowest BCUT2D eigenvalue weighted by atomic mass is 9.98. The molecule has 2 nitrogen and oxygen atoms in total. The minimum atomic E-state index is 0.200. The van der Waals surface area contributed by atoms with E-state index in [-0.39, 0.29) is 6.04 Å². The predicted octanol–water partition coefficient (Wildman–Crippen LogP) is 5.38. The summed E-state index contributed by atoms with van der Waals surface area (Å²) in [6.45, 7) is 3.88. The third-order valence-electron chi connectivity index (χ3n) is 4.10. The molecular formula is C17H25Cl2NO. The molecule has 1 aromatic carbocycles. The number of nitrogens with one attached hydrogen (secondary N) is 1. The Morgan fingerprint density at radius 2 is 2.00 bits per heavy atom. The number of halogens is 2. The van der Waals surface area contributed by atoms with Crippen molar-refractivity contribution < 1.29 is 4.74 Å². The third kappa shape index (κ3) is 5.78. The van der Waals surface area contributed by atoms with Crippen LogP contribution >= 0.6 is 23.2 Å². The highest BCUT2D eigenvalue weighted by molar-refractivity contribution is 6.33. The van der Waals surface area contributed by atoms with Gasteiger partial charge in [-0.1, -0.05) is 42.5 Å². The van der Waals surface area contributed by atoms with Gasteiger partial charge in [-0.05, 0) is 56.5 Å². The van der Waals surface area contributed by atoms with Crippen LogP contribution in [0.25, 0.3) is 0 Å². The average molecular weight is 330 g/mol. The zero-order chi connectivity index (χ0) is 15.1. The lowest BCUT2D eigenvalue weighted by Crippen LogP contribution is -2.23. The second-order valence-electron chi connectivity index (χ2n) is 5.83. The molecule has 21 heavy (non-hydrogen) atoms. The molecule has 0 amide bonds. The Kier molecular flexibility index (Phi) is 7.31. The molecule has 1 unspecified atom stereocenters. The molecule has 2 rings (SSSR count). The Labute approximate surface area is 138 Å². The topological polar surface area (TPSA) is 21.3 Å². The van der Waals surface area contributed by atoms with Crippen LogP contribution in [0.2, 0.25) is 10.0 Å². The van der Waals surface area contributed by atoms with Gasteiger partial charge in [-0.3, -0.25) is 0 Å². The number of rotatable bonds is 7. The standard InChI is InChI=1S/C17H25Cl2NO/c1-13(16-12-14(18)8-9-17(16)19)20-10-5-11-21-15-6-3-2-4-7-15/h8-9,12-13,15,20H,2-7,10-11H2,1H3. The molecule has 4 heteroatoms. The van der Waals surface area contributed by atoms with E-state index in [1.165, 1.54) is 32.1 Å². The van der Waals surface area contributed by atoms with E-state index >= 15 is 0 Å². The van der Waals surface area contributed by atoms with Crippen LogP contribution in [-0.2, 0) is 4.74 Å². The number of hydrogen-bond donors (Lipinski definition) is 1. The summed E-state index contributed by atoms with van der Waals surface area (Å²) in [6, 6.07) is 5.80. The average Bonchev–Trinajstić information content (AvgIpc) is 2.50. The van der Waals surface area contributed by atoms with Crippen LogP contribution in [-0.4, -0.2) is 19.3 Å². The van der Waals surface area contributed by atoms with Crippen LogP contribution in [0.1, 0.15) is 57.1 Å². The first-order valence-electron chi connectivity index (χ1n) is 7.97. The second-order valence-corrected chi connectivity index (χ2v) is 6.67. The van der Waals surface area contributed by atoms with Crippen molar-refractivity contribution in [3.63, 3.8) is 0 Å². The van der Waals surface area contributed by atoms with E-state index in [9.17, 15) is 0 Å². The van der Waals surface area contributed by atoms with Crippen molar-refractivity contribution >= 4 is 23.2 Å². The first-order chi connectivity index (χ1) is 10.2. The Morgan fingerprint density at radius 3 is 2.76 bits per heavy atom. The summed E-state index contributed by atoms with van der Waals surface area (Å²) in [4.78, 5) is 0. The zero-order valence-corrected chi connectivity index (χ0v) is 14.2. The normalized spacial score (nSPS) is 17.9. The molecule has 1 aromatic rings. The second kappa shape index (κ2) is 8.99. The van der Waals surface area contributed by atoms with Gasteiger partial charge in [0.2, 0.25) is 0 Å². The molecule has 0 saturated heterocycles. The van der Waals surface area contributed by atoms with Crippen LogP contribution in [0.5, 0.6) is 0 Å². The molecule has 1 atom stereocenters. The lowest BCUT2D eigenvalue weighted by Gasteiger charge is -2.22. The predicted molar refractivity (Wildman–Crippen MR) is 90.3 cm³/mol. The quantitative estimate of drug-likeness (QED) is 0.677. The summed E-state index contributed by atoms with van der Waals surface area (Å²) in [5.74, 6) is 0. The van der Waals surface area contributed by atoms with Gasteiger partial charge in [-0.15, -0.1) is 0 Å². The zero-order valence-electron chi connectivity index (χ0n) is 12.7. The van der Waals surface area contributed by atoms with Crippen molar-refractivity contribution in [2.24, 2.45) is 0 Å². The lowest BCUT2D eigenvalue weighted by molar-refractivity contribution is 0.0271. The van der Waals surface area contributed by atoms with Gasteiger partial charge in [0.25, 0.3) is 0 Å². The van der Waals surface area contributed by atoms with Crippen LogP contribution in [0.15, 0.2) is 18.2 Å². The Bertz CT molecular complexity index is 433. The number of hydrogen-bond acceptors (Lipinski definition) is 2. The van der Waals surface area contributed by atoms with Crippen molar-refractivity contribution in [2.45, 2.75) is 57.6 Å². The minimum Gasteiger partial charge on any atom is -0.378 e. The minimum absolute atomic E-state index is 0.200. The first kappa shape index (κ1) is 17.1. The summed E-state index contributed by atoms with van der Waals surface area (Å²) in [5, 5.41) is 4.97. The maximum Gasteiger partial charge on any atom is 0.0575 e. The Balaban J connectivity index is 1.64. The van der Waals surface area contributed by atoms with Gasteiger partial charge < -0.3 is 10.1 Å². The largest absolute Gasteiger partial charge is 0.378 e. The highest BCUT2D eigenvalue weighted by Crippen LogP contribution is 2.26. The summed E-state index contributed by atoms with van der Waals surface area (Å²) in [5.41, 5.74) is 1.05. The molecule has 0 spiro atoms. The van der Waals surface area contributed by atoms with Crippen LogP contribution in [0.3, 0.4) is 0 Å². The molecule has 0 aliphatic heterocycles. The van der Waals surface area contributed by atoms with Crippen molar-refractivity contribution in [3.05, 3.63) is 33.8 Å². The van der Waals surface area contributed by atoms with E-state index in [0.717, 1.165) is 35.2 Å². The first-order valence-corrected chi connectivity index (χ1v) is 8.72. The summed E-state index contributed by atoms with van der Waals surface area (Å²) < 4.78 is 5.93. The fraction of sp³-hybridized carbons (Fsp3) is 0.647. The molecule has 1 saturated carbocycles. The van der Waals surface area contributed by atoms with Gasteiger partial charge in [0.15, 0.2) is 0 Å². The fourth-order valence-electron chi connectivity index (χ4n) is 2.83. The van der Waals surface area contributed by atoms with Crippen molar-refractivity contribution in [1.82, 2.24) is 5.32 Å².